The third-order valence-corrected chi connectivity index (χ3v) is 9.99. The van der Waals surface area contributed by atoms with Crippen molar-refractivity contribution in [2.45, 2.75) is 0 Å². The van der Waals surface area contributed by atoms with E-state index in [-0.39, 0.29) is 0 Å². The van der Waals surface area contributed by atoms with E-state index < -0.39 is 0 Å². The van der Waals surface area contributed by atoms with E-state index in [0.717, 1.165) is 77.7 Å². The van der Waals surface area contributed by atoms with Crippen LogP contribution in [0.15, 0.2) is 194 Å². The summed E-state index contributed by atoms with van der Waals surface area (Å²) in [5.41, 5.74) is 12.6. The van der Waals surface area contributed by atoms with Gasteiger partial charge in [-0.15, -0.1) is 0 Å². The number of fused-ring (bicyclic) bond motifs is 3. The number of aromatic nitrogens is 6. The van der Waals surface area contributed by atoms with Gasteiger partial charge in [0.1, 0.15) is 5.69 Å². The Morgan fingerprint density at radius 3 is 1.59 bits per heavy atom. The molecule has 0 spiro atoms. The highest BCUT2D eigenvalue weighted by Crippen LogP contribution is 2.36. The largest absolute Gasteiger partial charge is 0.253 e. The molecule has 6 aromatic carbocycles. The van der Waals surface area contributed by atoms with Crippen LogP contribution < -0.4 is 0 Å². The van der Waals surface area contributed by atoms with E-state index in [4.69, 9.17) is 24.9 Å². The summed E-state index contributed by atoms with van der Waals surface area (Å²) in [5.74, 6) is 1.72. The van der Waals surface area contributed by atoms with Crippen molar-refractivity contribution < 1.29 is 0 Å². The van der Waals surface area contributed by atoms with Gasteiger partial charge in [-0.05, 0) is 52.6 Å². The molecule has 4 aromatic heterocycles. The predicted molar refractivity (Wildman–Crippen MR) is 226 cm³/mol. The molecule has 0 N–H and O–H groups in total. The zero-order valence-corrected chi connectivity index (χ0v) is 30.2. The van der Waals surface area contributed by atoms with Crippen molar-refractivity contribution in [3.63, 3.8) is 0 Å². The molecule has 0 saturated carbocycles. The third-order valence-electron chi connectivity index (χ3n) is 9.99. The van der Waals surface area contributed by atoms with Crippen LogP contribution in [0.1, 0.15) is 0 Å². The Morgan fingerprint density at radius 2 is 0.857 bits per heavy atom. The zero-order valence-electron chi connectivity index (χ0n) is 30.2. The minimum atomic E-state index is 0.530. The highest BCUT2D eigenvalue weighted by Gasteiger charge is 2.16. The number of hydrogen-bond acceptors (Lipinski definition) is 6. The van der Waals surface area contributed by atoms with Crippen LogP contribution >= 0.6 is 0 Å². The van der Waals surface area contributed by atoms with Gasteiger partial charge < -0.3 is 0 Å². The van der Waals surface area contributed by atoms with Crippen LogP contribution in [0.3, 0.4) is 0 Å². The Balaban J connectivity index is 1.02. The van der Waals surface area contributed by atoms with Gasteiger partial charge in [0.05, 0.1) is 22.4 Å². The Kier molecular flexibility index (Phi) is 8.39. The summed E-state index contributed by atoms with van der Waals surface area (Å²) >= 11 is 0. The Bertz CT molecular complexity index is 2930. The molecule has 56 heavy (non-hydrogen) atoms. The average Bonchev–Trinajstić information content (AvgIpc) is 3.29. The van der Waals surface area contributed by atoms with E-state index in [1.165, 1.54) is 0 Å². The summed E-state index contributed by atoms with van der Waals surface area (Å²) in [7, 11) is 0. The fraction of sp³-hybridized carbons (Fsp3) is 0. The van der Waals surface area contributed by atoms with E-state index in [0.29, 0.717) is 23.2 Å². The molecule has 0 aliphatic carbocycles. The summed E-state index contributed by atoms with van der Waals surface area (Å²) in [6.45, 7) is 0. The lowest BCUT2D eigenvalue weighted by Gasteiger charge is -2.13. The maximum Gasteiger partial charge on any atom is 0.182 e. The SMILES string of the molecule is c1ccc(-c2cc(-c3ccccc3)c3ccc4ccc(-c5ccc(-c6cccc(-c7nc(-c8ccccc8)nc(-c8ccccn8)n7)c6)cc5)nc4c3n2)cc1. The molecule has 0 bridgehead atoms. The fourth-order valence-electron chi connectivity index (χ4n) is 7.15. The lowest BCUT2D eigenvalue weighted by atomic mass is 9.96. The summed E-state index contributed by atoms with van der Waals surface area (Å²) in [4.78, 5) is 29.6. The minimum Gasteiger partial charge on any atom is -0.253 e. The molecular weight excluding hydrogens is 685 g/mol. The van der Waals surface area contributed by atoms with E-state index in [9.17, 15) is 0 Å². The molecule has 10 rings (SSSR count). The molecule has 0 aliphatic heterocycles. The zero-order chi connectivity index (χ0) is 37.3. The number of hydrogen-bond donors (Lipinski definition) is 0. The quantitative estimate of drug-likeness (QED) is 0.153. The van der Waals surface area contributed by atoms with E-state index in [2.05, 4.69) is 120 Å². The first kappa shape index (κ1) is 32.9. The smallest absolute Gasteiger partial charge is 0.182 e. The van der Waals surface area contributed by atoms with Crippen molar-refractivity contribution >= 4 is 21.8 Å². The van der Waals surface area contributed by atoms with Crippen LogP contribution in [-0.4, -0.2) is 29.9 Å². The monoisotopic (exact) mass is 716 g/mol. The van der Waals surface area contributed by atoms with Crippen LogP contribution in [0, 0.1) is 0 Å². The van der Waals surface area contributed by atoms with Crippen molar-refractivity contribution in [3.8, 4) is 79.1 Å². The molecule has 10 aromatic rings. The van der Waals surface area contributed by atoms with Gasteiger partial charge in [-0.1, -0.05) is 158 Å². The van der Waals surface area contributed by atoms with Crippen LogP contribution in [0.2, 0.25) is 0 Å². The van der Waals surface area contributed by atoms with Gasteiger partial charge in [-0.2, -0.15) is 0 Å². The normalized spacial score (nSPS) is 11.2. The van der Waals surface area contributed by atoms with E-state index in [1.54, 1.807) is 6.20 Å². The maximum absolute atomic E-state index is 5.28. The summed E-state index contributed by atoms with van der Waals surface area (Å²) in [5, 5.41) is 2.12. The van der Waals surface area contributed by atoms with Crippen molar-refractivity contribution in [3.05, 3.63) is 194 Å². The first-order chi connectivity index (χ1) is 27.7. The molecule has 0 fully saturated rings. The standard InChI is InChI=1S/C50H32N6/c1-4-13-34(14-5-1)42-32-45(35-15-6-2-7-16-35)53-47-41(42)28-26-37-27-29-43(52-46(37)47)36-24-22-33(23-25-36)39-19-12-20-40(31-39)49-54-48(38-17-8-3-9-18-38)55-50(56-49)44-21-10-11-30-51-44/h1-32H. The Hall–Kier alpha value is -7.70. The molecule has 6 heteroatoms. The number of benzene rings is 6. The van der Waals surface area contributed by atoms with Crippen LogP contribution in [0.5, 0.6) is 0 Å². The first-order valence-electron chi connectivity index (χ1n) is 18.5. The summed E-state index contributed by atoms with van der Waals surface area (Å²) in [6, 6.07) is 64.2. The molecule has 0 radical (unpaired) electrons. The van der Waals surface area contributed by atoms with Gasteiger partial charge in [0, 0.05) is 39.2 Å². The van der Waals surface area contributed by atoms with Gasteiger partial charge in [0.25, 0.3) is 0 Å². The van der Waals surface area contributed by atoms with Gasteiger partial charge in [-0.3, -0.25) is 4.98 Å². The van der Waals surface area contributed by atoms with E-state index >= 15 is 0 Å². The molecule has 262 valence electrons. The number of nitrogens with zero attached hydrogens (tertiary/aromatic N) is 6. The van der Waals surface area contributed by atoms with Crippen molar-refractivity contribution in [1.82, 2.24) is 29.9 Å². The van der Waals surface area contributed by atoms with Crippen LogP contribution in [-0.2, 0) is 0 Å². The lowest BCUT2D eigenvalue weighted by molar-refractivity contribution is 1.06. The second-order valence-electron chi connectivity index (χ2n) is 13.6. The summed E-state index contributed by atoms with van der Waals surface area (Å²) < 4.78 is 0. The van der Waals surface area contributed by atoms with Crippen molar-refractivity contribution in [1.29, 1.82) is 0 Å². The predicted octanol–water partition coefficient (Wildman–Crippen LogP) is 12.0. The summed E-state index contributed by atoms with van der Waals surface area (Å²) in [6.07, 6.45) is 1.75. The second-order valence-corrected chi connectivity index (χ2v) is 13.6. The van der Waals surface area contributed by atoms with Gasteiger partial charge >= 0.3 is 0 Å². The average molecular weight is 717 g/mol. The minimum absolute atomic E-state index is 0.530. The van der Waals surface area contributed by atoms with Crippen LogP contribution in [0.25, 0.3) is 101 Å². The third kappa shape index (κ3) is 6.35. The first-order valence-corrected chi connectivity index (χ1v) is 18.5. The Labute approximate surface area is 324 Å². The molecule has 4 heterocycles. The van der Waals surface area contributed by atoms with Gasteiger partial charge in [-0.25, -0.2) is 24.9 Å². The maximum atomic E-state index is 5.28. The van der Waals surface area contributed by atoms with Gasteiger partial charge in [0.2, 0.25) is 0 Å². The highest BCUT2D eigenvalue weighted by atomic mass is 15.0. The fourth-order valence-corrected chi connectivity index (χ4v) is 7.15. The van der Waals surface area contributed by atoms with Crippen molar-refractivity contribution in [2.24, 2.45) is 0 Å². The highest BCUT2D eigenvalue weighted by molar-refractivity contribution is 6.09. The Morgan fingerprint density at radius 1 is 0.286 bits per heavy atom. The molecule has 0 saturated heterocycles. The molecule has 6 nitrogen and oxygen atoms in total. The second kappa shape index (κ2) is 14.3. The molecule has 0 aliphatic rings. The topological polar surface area (TPSA) is 77.3 Å². The lowest BCUT2D eigenvalue weighted by Crippen LogP contribution is -2.01. The molecule has 0 unspecified atom stereocenters. The number of rotatable bonds is 7. The van der Waals surface area contributed by atoms with Crippen LogP contribution in [0.4, 0.5) is 0 Å². The number of pyridine rings is 3. The molecule has 0 amide bonds. The van der Waals surface area contributed by atoms with E-state index in [1.807, 2.05) is 72.8 Å². The van der Waals surface area contributed by atoms with Crippen molar-refractivity contribution in [2.75, 3.05) is 0 Å². The van der Waals surface area contributed by atoms with Gasteiger partial charge in [0.15, 0.2) is 17.5 Å². The molecular formula is C50H32N6. The molecule has 0 atom stereocenters.